The number of carbonyl (C=O) groups excluding carboxylic acids is 2. The second kappa shape index (κ2) is 9.11. The highest BCUT2D eigenvalue weighted by atomic mass is 32.2. The Morgan fingerprint density at radius 3 is 2.43 bits per heavy atom. The third-order valence-corrected chi connectivity index (χ3v) is 5.94. The van der Waals surface area contributed by atoms with Crippen LogP contribution < -0.4 is 10.0 Å². The van der Waals surface area contributed by atoms with Crippen molar-refractivity contribution in [3.8, 4) is 0 Å². The summed E-state index contributed by atoms with van der Waals surface area (Å²) < 4.78 is 33.2. The lowest BCUT2D eigenvalue weighted by Crippen LogP contribution is -2.16. The number of carbonyl (C=O) groups is 2. The van der Waals surface area contributed by atoms with Crippen molar-refractivity contribution in [2.45, 2.75) is 30.6 Å². The summed E-state index contributed by atoms with van der Waals surface area (Å²) in [4.78, 5) is 24.1. The molecular formula is C19H22N2O5S2. The summed E-state index contributed by atoms with van der Waals surface area (Å²) in [5.41, 5.74) is 1.60. The quantitative estimate of drug-likeness (QED) is 0.522. The first kappa shape index (κ1) is 21.8. The standard InChI is InChI=1S/C19H22N2O5S2/c1-5-26-19(23)14-7-6-12(2)16(10-14)21-28(24,25)15-8-9-18(27-4)17(11-15)20-13(3)22/h6-11,21H,5H2,1-4H3,(H,20,22). The van der Waals surface area contributed by atoms with Crippen LogP contribution in [-0.4, -0.2) is 33.2 Å². The molecule has 2 rings (SSSR count). The molecule has 0 aromatic heterocycles. The molecule has 2 aromatic rings. The van der Waals surface area contributed by atoms with Crippen molar-refractivity contribution in [3.05, 3.63) is 47.5 Å². The van der Waals surface area contributed by atoms with Crippen molar-refractivity contribution < 1.29 is 22.7 Å². The van der Waals surface area contributed by atoms with E-state index in [0.717, 1.165) is 4.90 Å². The summed E-state index contributed by atoms with van der Waals surface area (Å²) in [7, 11) is -3.94. The maximum atomic E-state index is 12.9. The normalized spacial score (nSPS) is 11.0. The molecular weight excluding hydrogens is 400 g/mol. The molecule has 0 bridgehead atoms. The third-order valence-electron chi connectivity index (χ3n) is 3.78. The average Bonchev–Trinajstić information content (AvgIpc) is 2.63. The van der Waals surface area contributed by atoms with E-state index in [2.05, 4.69) is 10.0 Å². The number of rotatable bonds is 7. The zero-order valence-corrected chi connectivity index (χ0v) is 17.7. The van der Waals surface area contributed by atoms with Crippen LogP contribution in [0.5, 0.6) is 0 Å². The lowest BCUT2D eigenvalue weighted by Gasteiger charge is -2.14. The van der Waals surface area contributed by atoms with Crippen molar-refractivity contribution in [2.24, 2.45) is 0 Å². The van der Waals surface area contributed by atoms with Crippen LogP contribution in [0.4, 0.5) is 11.4 Å². The van der Waals surface area contributed by atoms with E-state index in [-0.39, 0.29) is 28.7 Å². The van der Waals surface area contributed by atoms with Gasteiger partial charge in [0, 0.05) is 11.8 Å². The zero-order chi connectivity index (χ0) is 20.9. The number of ether oxygens (including phenoxy) is 1. The van der Waals surface area contributed by atoms with Gasteiger partial charge in [-0.15, -0.1) is 11.8 Å². The minimum Gasteiger partial charge on any atom is -0.462 e. The van der Waals surface area contributed by atoms with Crippen molar-refractivity contribution in [1.29, 1.82) is 0 Å². The summed E-state index contributed by atoms with van der Waals surface area (Å²) in [6.45, 7) is 5.00. The van der Waals surface area contributed by atoms with Gasteiger partial charge in [0.15, 0.2) is 0 Å². The third kappa shape index (κ3) is 5.26. The number of thioether (sulfide) groups is 1. The highest BCUT2D eigenvalue weighted by Gasteiger charge is 2.19. The van der Waals surface area contributed by atoms with Crippen LogP contribution in [0, 0.1) is 6.92 Å². The highest BCUT2D eigenvalue weighted by molar-refractivity contribution is 7.98. The van der Waals surface area contributed by atoms with E-state index >= 15 is 0 Å². The molecule has 2 aromatic carbocycles. The molecule has 0 aliphatic heterocycles. The summed E-state index contributed by atoms with van der Waals surface area (Å²) in [6, 6.07) is 9.16. The van der Waals surface area contributed by atoms with Gasteiger partial charge in [0.2, 0.25) is 5.91 Å². The number of amides is 1. The van der Waals surface area contributed by atoms with E-state index in [1.807, 2.05) is 6.26 Å². The smallest absolute Gasteiger partial charge is 0.338 e. The molecule has 0 saturated carbocycles. The van der Waals surface area contributed by atoms with Gasteiger partial charge in [0.1, 0.15) is 0 Å². The minimum absolute atomic E-state index is 0.00464. The van der Waals surface area contributed by atoms with Gasteiger partial charge in [-0.3, -0.25) is 9.52 Å². The molecule has 1 amide bonds. The topological polar surface area (TPSA) is 102 Å². The van der Waals surface area contributed by atoms with E-state index in [9.17, 15) is 18.0 Å². The van der Waals surface area contributed by atoms with Gasteiger partial charge in [-0.25, -0.2) is 13.2 Å². The average molecular weight is 423 g/mol. The monoisotopic (exact) mass is 422 g/mol. The molecule has 150 valence electrons. The Morgan fingerprint density at radius 2 is 1.82 bits per heavy atom. The van der Waals surface area contributed by atoms with Gasteiger partial charge in [0.25, 0.3) is 10.0 Å². The van der Waals surface area contributed by atoms with Gasteiger partial charge in [0.05, 0.1) is 28.4 Å². The number of nitrogens with one attached hydrogen (secondary N) is 2. The van der Waals surface area contributed by atoms with Crippen LogP contribution in [0.2, 0.25) is 0 Å². The van der Waals surface area contributed by atoms with Crippen molar-refractivity contribution in [1.82, 2.24) is 0 Å². The van der Waals surface area contributed by atoms with Crippen molar-refractivity contribution in [2.75, 3.05) is 22.9 Å². The Hall–Kier alpha value is -2.52. The molecule has 0 radical (unpaired) electrons. The van der Waals surface area contributed by atoms with Crippen LogP contribution >= 0.6 is 11.8 Å². The predicted molar refractivity (Wildman–Crippen MR) is 110 cm³/mol. The van der Waals surface area contributed by atoms with Gasteiger partial charge in [-0.05, 0) is 56.0 Å². The second-order valence-electron chi connectivity index (χ2n) is 5.90. The number of anilines is 2. The molecule has 0 aliphatic carbocycles. The molecule has 2 N–H and O–H groups in total. The SMILES string of the molecule is CCOC(=O)c1ccc(C)c(NS(=O)(=O)c2ccc(SC)c(NC(C)=O)c2)c1. The first-order chi connectivity index (χ1) is 13.2. The van der Waals surface area contributed by atoms with Crippen LogP contribution in [0.15, 0.2) is 46.2 Å². The molecule has 0 saturated heterocycles. The Labute approximate surface area is 168 Å². The van der Waals surface area contributed by atoms with Crippen LogP contribution in [0.25, 0.3) is 0 Å². The molecule has 0 spiro atoms. The Balaban J connectivity index is 2.39. The molecule has 0 unspecified atom stereocenters. The summed E-state index contributed by atoms with van der Waals surface area (Å²) in [5, 5.41) is 2.64. The van der Waals surface area contributed by atoms with Crippen molar-refractivity contribution in [3.63, 3.8) is 0 Å². The largest absolute Gasteiger partial charge is 0.462 e. The fourth-order valence-corrected chi connectivity index (χ4v) is 4.10. The molecule has 7 nitrogen and oxygen atoms in total. The molecule has 0 fully saturated rings. The number of esters is 1. The van der Waals surface area contributed by atoms with E-state index < -0.39 is 16.0 Å². The number of hydrogen-bond donors (Lipinski definition) is 2. The number of hydrogen-bond acceptors (Lipinski definition) is 6. The summed E-state index contributed by atoms with van der Waals surface area (Å²) in [5.74, 6) is -0.823. The van der Waals surface area contributed by atoms with Crippen LogP contribution in [0.3, 0.4) is 0 Å². The summed E-state index contributed by atoms with van der Waals surface area (Å²) in [6.07, 6.45) is 1.83. The number of sulfonamides is 1. The maximum Gasteiger partial charge on any atom is 0.338 e. The van der Waals surface area contributed by atoms with Gasteiger partial charge < -0.3 is 10.1 Å². The first-order valence-corrected chi connectivity index (χ1v) is 11.1. The minimum atomic E-state index is -3.94. The Kier molecular flexibility index (Phi) is 7.09. The molecule has 28 heavy (non-hydrogen) atoms. The highest BCUT2D eigenvalue weighted by Crippen LogP contribution is 2.29. The van der Waals surface area contributed by atoms with E-state index in [1.165, 1.54) is 36.9 Å². The van der Waals surface area contributed by atoms with Crippen LogP contribution in [-0.2, 0) is 19.6 Å². The van der Waals surface area contributed by atoms with Crippen LogP contribution in [0.1, 0.15) is 29.8 Å². The van der Waals surface area contributed by atoms with E-state index in [4.69, 9.17) is 4.74 Å². The van der Waals surface area contributed by atoms with Gasteiger partial charge in [-0.1, -0.05) is 6.07 Å². The summed E-state index contributed by atoms with van der Waals surface area (Å²) >= 11 is 1.39. The molecule has 0 aliphatic rings. The maximum absolute atomic E-state index is 12.9. The first-order valence-electron chi connectivity index (χ1n) is 8.44. The lowest BCUT2D eigenvalue weighted by molar-refractivity contribution is -0.114. The number of aryl methyl sites for hydroxylation is 1. The molecule has 0 heterocycles. The Morgan fingerprint density at radius 1 is 1.11 bits per heavy atom. The number of benzene rings is 2. The fraction of sp³-hybridized carbons (Fsp3) is 0.263. The van der Waals surface area contributed by atoms with Gasteiger partial charge in [-0.2, -0.15) is 0 Å². The Bertz CT molecular complexity index is 1000. The lowest BCUT2D eigenvalue weighted by atomic mass is 10.1. The fourth-order valence-electron chi connectivity index (χ4n) is 2.42. The zero-order valence-electron chi connectivity index (χ0n) is 16.0. The predicted octanol–water partition coefficient (Wildman–Crippen LogP) is 3.65. The van der Waals surface area contributed by atoms with E-state index in [1.54, 1.807) is 32.0 Å². The van der Waals surface area contributed by atoms with Gasteiger partial charge >= 0.3 is 5.97 Å². The molecule has 0 atom stereocenters. The molecule has 9 heteroatoms. The second-order valence-corrected chi connectivity index (χ2v) is 8.43. The van der Waals surface area contributed by atoms with Crippen molar-refractivity contribution >= 4 is 45.0 Å². The van der Waals surface area contributed by atoms with E-state index in [0.29, 0.717) is 11.3 Å².